The van der Waals surface area contributed by atoms with Crippen molar-refractivity contribution in [1.29, 1.82) is 0 Å². The average Bonchev–Trinajstić information content (AvgIpc) is 3.11. The zero-order valence-corrected chi connectivity index (χ0v) is 10.9. The molecule has 1 aliphatic carbocycles. The van der Waals surface area contributed by atoms with Gasteiger partial charge in [-0.05, 0) is 30.2 Å². The number of carbonyl (C=O) groups is 2. The maximum Gasteiger partial charge on any atom is 0.416 e. The molecular formula is C14H13F3N2O2. The summed E-state index contributed by atoms with van der Waals surface area (Å²) in [5.74, 6) is -1.47. The predicted octanol–water partition coefficient (Wildman–Crippen LogP) is 1.40. The lowest BCUT2D eigenvalue weighted by Crippen LogP contribution is -2.35. The SMILES string of the molecule is NCC1C2C(=O)N(Cc3cccc(C(F)(F)F)c3)C(=O)C12. The van der Waals surface area contributed by atoms with Gasteiger partial charge < -0.3 is 5.73 Å². The summed E-state index contributed by atoms with van der Waals surface area (Å²) < 4.78 is 37.9. The molecular weight excluding hydrogens is 285 g/mol. The summed E-state index contributed by atoms with van der Waals surface area (Å²) >= 11 is 0. The van der Waals surface area contributed by atoms with Gasteiger partial charge in [0.2, 0.25) is 11.8 Å². The molecule has 2 unspecified atom stereocenters. The summed E-state index contributed by atoms with van der Waals surface area (Å²) in [6, 6.07) is 4.66. The van der Waals surface area contributed by atoms with E-state index in [9.17, 15) is 22.8 Å². The lowest BCUT2D eigenvalue weighted by Gasteiger charge is -2.18. The molecule has 0 spiro atoms. The van der Waals surface area contributed by atoms with Crippen LogP contribution >= 0.6 is 0 Å². The Labute approximate surface area is 118 Å². The van der Waals surface area contributed by atoms with E-state index in [2.05, 4.69) is 0 Å². The highest BCUT2D eigenvalue weighted by Gasteiger charge is 2.66. The van der Waals surface area contributed by atoms with Gasteiger partial charge in [-0.15, -0.1) is 0 Å². The Morgan fingerprint density at radius 1 is 1.14 bits per heavy atom. The molecule has 0 bridgehead atoms. The number of carbonyl (C=O) groups excluding carboxylic acids is 2. The topological polar surface area (TPSA) is 63.4 Å². The minimum Gasteiger partial charge on any atom is -0.330 e. The van der Waals surface area contributed by atoms with Crippen molar-refractivity contribution in [3.8, 4) is 0 Å². The molecule has 1 aliphatic heterocycles. The van der Waals surface area contributed by atoms with Crippen LogP contribution in [0.1, 0.15) is 11.1 Å². The maximum absolute atomic E-state index is 12.6. The molecule has 2 N–H and O–H groups in total. The van der Waals surface area contributed by atoms with Crippen LogP contribution in [0.15, 0.2) is 24.3 Å². The molecule has 2 amide bonds. The fourth-order valence-electron chi connectivity index (χ4n) is 2.99. The second-order valence-electron chi connectivity index (χ2n) is 5.41. The molecule has 1 saturated heterocycles. The van der Waals surface area contributed by atoms with Crippen molar-refractivity contribution in [3.05, 3.63) is 35.4 Å². The first kappa shape index (κ1) is 14.1. The molecule has 21 heavy (non-hydrogen) atoms. The van der Waals surface area contributed by atoms with E-state index in [4.69, 9.17) is 5.73 Å². The van der Waals surface area contributed by atoms with Gasteiger partial charge in [0.15, 0.2) is 0 Å². The van der Waals surface area contributed by atoms with Gasteiger partial charge in [-0.25, -0.2) is 0 Å². The standard InChI is InChI=1S/C14H13F3N2O2/c15-14(16,17)8-3-1-2-7(4-8)6-19-12(20)10-9(5-18)11(10)13(19)21/h1-4,9-11H,5-6,18H2. The normalized spacial score (nSPS) is 28.0. The van der Waals surface area contributed by atoms with Crippen molar-refractivity contribution in [1.82, 2.24) is 4.90 Å². The molecule has 2 fully saturated rings. The maximum atomic E-state index is 12.6. The molecule has 1 heterocycles. The molecule has 1 aromatic carbocycles. The van der Waals surface area contributed by atoms with Crippen molar-refractivity contribution in [2.75, 3.05) is 6.54 Å². The third kappa shape index (κ3) is 2.21. The Bertz CT molecular complexity index is 592. The fourth-order valence-corrected chi connectivity index (χ4v) is 2.99. The summed E-state index contributed by atoms with van der Waals surface area (Å²) in [5, 5.41) is 0. The molecule has 0 aromatic heterocycles. The molecule has 112 valence electrons. The van der Waals surface area contributed by atoms with E-state index >= 15 is 0 Å². The van der Waals surface area contributed by atoms with Gasteiger partial charge >= 0.3 is 6.18 Å². The molecule has 0 radical (unpaired) electrons. The van der Waals surface area contributed by atoms with Gasteiger partial charge in [0.1, 0.15) is 0 Å². The zero-order chi connectivity index (χ0) is 15.4. The van der Waals surface area contributed by atoms with Crippen LogP contribution in [0.4, 0.5) is 13.2 Å². The first-order valence-electron chi connectivity index (χ1n) is 6.56. The van der Waals surface area contributed by atoms with E-state index in [1.54, 1.807) is 0 Å². The van der Waals surface area contributed by atoms with Crippen LogP contribution in [-0.4, -0.2) is 23.3 Å². The van der Waals surface area contributed by atoms with E-state index in [1.165, 1.54) is 12.1 Å². The van der Waals surface area contributed by atoms with Crippen molar-refractivity contribution in [3.63, 3.8) is 0 Å². The van der Waals surface area contributed by atoms with Crippen LogP contribution in [0.3, 0.4) is 0 Å². The number of rotatable bonds is 3. The number of likely N-dealkylation sites (tertiary alicyclic amines) is 1. The third-order valence-corrected chi connectivity index (χ3v) is 4.14. The number of piperidine rings is 1. The number of benzene rings is 1. The zero-order valence-electron chi connectivity index (χ0n) is 10.9. The van der Waals surface area contributed by atoms with Crippen molar-refractivity contribution in [2.45, 2.75) is 12.7 Å². The van der Waals surface area contributed by atoms with Crippen molar-refractivity contribution >= 4 is 11.8 Å². The Hall–Kier alpha value is -1.89. The largest absolute Gasteiger partial charge is 0.416 e. The molecule has 2 atom stereocenters. The number of halogens is 3. The monoisotopic (exact) mass is 298 g/mol. The van der Waals surface area contributed by atoms with Crippen LogP contribution < -0.4 is 5.73 Å². The Balaban J connectivity index is 1.77. The molecule has 1 aromatic rings. The van der Waals surface area contributed by atoms with Crippen LogP contribution in [-0.2, 0) is 22.3 Å². The highest BCUT2D eigenvalue weighted by molar-refractivity contribution is 6.09. The molecule has 3 rings (SSSR count). The van der Waals surface area contributed by atoms with Crippen molar-refractivity contribution < 1.29 is 22.8 Å². The van der Waals surface area contributed by atoms with E-state index < -0.39 is 11.7 Å². The Morgan fingerprint density at radius 2 is 1.76 bits per heavy atom. The Kier molecular flexibility index (Phi) is 3.05. The first-order valence-corrected chi connectivity index (χ1v) is 6.56. The third-order valence-electron chi connectivity index (χ3n) is 4.14. The van der Waals surface area contributed by atoms with E-state index in [1.807, 2.05) is 0 Å². The van der Waals surface area contributed by atoms with E-state index in [0.717, 1.165) is 17.0 Å². The van der Waals surface area contributed by atoms with E-state index in [-0.39, 0.29) is 48.2 Å². The van der Waals surface area contributed by atoms with Gasteiger partial charge in [0.25, 0.3) is 0 Å². The highest BCUT2D eigenvalue weighted by atomic mass is 19.4. The summed E-state index contributed by atoms with van der Waals surface area (Å²) in [6.45, 7) is 0.163. The smallest absolute Gasteiger partial charge is 0.330 e. The molecule has 7 heteroatoms. The minimum atomic E-state index is -4.44. The lowest BCUT2D eigenvalue weighted by molar-refractivity contribution is -0.142. The summed E-state index contributed by atoms with van der Waals surface area (Å²) in [7, 11) is 0. The summed E-state index contributed by atoms with van der Waals surface area (Å²) in [5.41, 5.74) is 4.97. The Morgan fingerprint density at radius 3 is 2.29 bits per heavy atom. The van der Waals surface area contributed by atoms with Crippen LogP contribution in [0.5, 0.6) is 0 Å². The molecule has 4 nitrogen and oxygen atoms in total. The van der Waals surface area contributed by atoms with Crippen LogP contribution in [0.2, 0.25) is 0 Å². The number of hydrogen-bond donors (Lipinski definition) is 1. The number of hydrogen-bond acceptors (Lipinski definition) is 3. The van der Waals surface area contributed by atoms with E-state index in [0.29, 0.717) is 0 Å². The van der Waals surface area contributed by atoms with Gasteiger partial charge in [0.05, 0.1) is 23.9 Å². The first-order chi connectivity index (χ1) is 9.84. The number of nitrogens with two attached hydrogens (primary N) is 1. The van der Waals surface area contributed by atoms with Crippen LogP contribution in [0.25, 0.3) is 0 Å². The molecule has 2 aliphatic rings. The van der Waals surface area contributed by atoms with Gasteiger partial charge in [-0.3, -0.25) is 14.5 Å². The van der Waals surface area contributed by atoms with Crippen LogP contribution in [0, 0.1) is 17.8 Å². The summed E-state index contributed by atoms with van der Waals surface area (Å²) in [4.78, 5) is 25.1. The highest BCUT2D eigenvalue weighted by Crippen LogP contribution is 2.52. The average molecular weight is 298 g/mol. The van der Waals surface area contributed by atoms with Gasteiger partial charge in [-0.2, -0.15) is 13.2 Å². The number of nitrogens with zero attached hydrogens (tertiary/aromatic N) is 1. The van der Waals surface area contributed by atoms with Gasteiger partial charge in [-0.1, -0.05) is 12.1 Å². The lowest BCUT2D eigenvalue weighted by atomic mass is 10.1. The number of imide groups is 1. The number of alkyl halides is 3. The fraction of sp³-hybridized carbons (Fsp3) is 0.429. The second kappa shape index (κ2) is 4.56. The number of amides is 2. The summed E-state index contributed by atoms with van der Waals surface area (Å²) in [6.07, 6.45) is -4.44. The predicted molar refractivity (Wildman–Crippen MR) is 66.5 cm³/mol. The number of fused-ring (bicyclic) bond motifs is 1. The second-order valence-corrected chi connectivity index (χ2v) is 5.41. The quantitative estimate of drug-likeness (QED) is 0.858. The van der Waals surface area contributed by atoms with Gasteiger partial charge in [0, 0.05) is 0 Å². The minimum absolute atomic E-state index is 0.0947. The molecule has 1 saturated carbocycles. The van der Waals surface area contributed by atoms with Crippen molar-refractivity contribution in [2.24, 2.45) is 23.5 Å².